The van der Waals surface area contributed by atoms with Crippen LogP contribution in [0.3, 0.4) is 0 Å². The van der Waals surface area contributed by atoms with Crippen LogP contribution in [0.15, 0.2) is 16.7 Å². The van der Waals surface area contributed by atoms with Gasteiger partial charge in [-0.3, -0.25) is 0 Å². The predicted octanol–water partition coefficient (Wildman–Crippen LogP) is 1.89. The van der Waals surface area contributed by atoms with Crippen LogP contribution in [0.5, 0.6) is 0 Å². The number of piperidine rings is 1. The van der Waals surface area contributed by atoms with Crippen molar-refractivity contribution in [2.45, 2.75) is 26.3 Å². The van der Waals surface area contributed by atoms with Gasteiger partial charge in [0.25, 0.3) is 0 Å². The number of carbonyl (C=O) groups is 1. The minimum Gasteiger partial charge on any atom is -0.463 e. The molecule has 0 amide bonds. The van der Waals surface area contributed by atoms with E-state index in [-0.39, 0.29) is 0 Å². The summed E-state index contributed by atoms with van der Waals surface area (Å²) in [7, 11) is 3.53. The van der Waals surface area contributed by atoms with Crippen molar-refractivity contribution in [2.24, 2.45) is 5.41 Å². The van der Waals surface area contributed by atoms with Gasteiger partial charge in [-0.1, -0.05) is 6.92 Å². The summed E-state index contributed by atoms with van der Waals surface area (Å²) in [5.41, 5.74) is 1.19. The number of furan rings is 1. The SMILES string of the molecule is COC(=O)c1occc1CNCC1(C)CCN(C)CC1. The van der Waals surface area contributed by atoms with Gasteiger partial charge in [0.1, 0.15) is 0 Å². The molecule has 0 unspecified atom stereocenters. The van der Waals surface area contributed by atoms with Crippen molar-refractivity contribution in [1.29, 1.82) is 0 Å². The molecule has 2 rings (SSSR count). The average Bonchev–Trinajstić information content (AvgIpc) is 2.90. The van der Waals surface area contributed by atoms with Gasteiger partial charge in [0.15, 0.2) is 0 Å². The summed E-state index contributed by atoms with van der Waals surface area (Å²) in [6, 6.07) is 1.82. The van der Waals surface area contributed by atoms with Crippen LogP contribution in [0.1, 0.15) is 35.9 Å². The van der Waals surface area contributed by atoms with Crippen molar-refractivity contribution >= 4 is 5.97 Å². The Hall–Kier alpha value is -1.33. The Labute approximate surface area is 120 Å². The van der Waals surface area contributed by atoms with E-state index in [0.29, 0.717) is 17.7 Å². The number of nitrogens with one attached hydrogen (secondary N) is 1. The molecular formula is C15H24N2O3. The van der Waals surface area contributed by atoms with E-state index in [1.165, 1.54) is 26.2 Å². The standard InChI is InChI=1S/C15H24N2O3/c1-15(5-7-17(2)8-6-15)11-16-10-12-4-9-20-13(12)14(18)19-3/h4,9,16H,5-8,10-11H2,1-3H3. The van der Waals surface area contributed by atoms with E-state index < -0.39 is 5.97 Å². The van der Waals surface area contributed by atoms with Crippen molar-refractivity contribution in [3.8, 4) is 0 Å². The molecule has 1 aliphatic heterocycles. The Balaban J connectivity index is 1.84. The van der Waals surface area contributed by atoms with E-state index >= 15 is 0 Å². The summed E-state index contributed by atoms with van der Waals surface area (Å²) in [5, 5.41) is 3.45. The van der Waals surface area contributed by atoms with Crippen LogP contribution in [0.2, 0.25) is 0 Å². The van der Waals surface area contributed by atoms with Crippen molar-refractivity contribution in [3.05, 3.63) is 23.7 Å². The Morgan fingerprint density at radius 1 is 1.50 bits per heavy atom. The van der Waals surface area contributed by atoms with Crippen molar-refractivity contribution in [3.63, 3.8) is 0 Å². The zero-order valence-corrected chi connectivity index (χ0v) is 12.6. The second kappa shape index (κ2) is 6.41. The molecule has 0 spiro atoms. The fraction of sp³-hybridized carbons (Fsp3) is 0.667. The highest BCUT2D eigenvalue weighted by Gasteiger charge is 2.28. The maximum atomic E-state index is 11.5. The molecule has 0 aromatic carbocycles. The smallest absolute Gasteiger partial charge is 0.374 e. The number of ether oxygens (including phenoxy) is 1. The first-order valence-corrected chi connectivity index (χ1v) is 7.08. The highest BCUT2D eigenvalue weighted by Crippen LogP contribution is 2.29. The quantitative estimate of drug-likeness (QED) is 0.835. The first-order chi connectivity index (χ1) is 9.54. The van der Waals surface area contributed by atoms with E-state index in [2.05, 4.69) is 24.2 Å². The number of likely N-dealkylation sites (tertiary alicyclic amines) is 1. The van der Waals surface area contributed by atoms with Crippen molar-refractivity contribution in [1.82, 2.24) is 10.2 Å². The van der Waals surface area contributed by atoms with Crippen LogP contribution in [-0.2, 0) is 11.3 Å². The number of hydrogen-bond acceptors (Lipinski definition) is 5. The van der Waals surface area contributed by atoms with Gasteiger partial charge in [0.2, 0.25) is 5.76 Å². The summed E-state index contributed by atoms with van der Waals surface area (Å²) < 4.78 is 9.88. The monoisotopic (exact) mass is 280 g/mol. The average molecular weight is 280 g/mol. The van der Waals surface area contributed by atoms with Gasteiger partial charge in [-0.05, 0) is 44.5 Å². The van der Waals surface area contributed by atoms with Gasteiger partial charge in [-0.2, -0.15) is 0 Å². The first-order valence-electron chi connectivity index (χ1n) is 7.08. The van der Waals surface area contributed by atoms with E-state index in [9.17, 15) is 4.79 Å². The van der Waals surface area contributed by atoms with E-state index in [0.717, 1.165) is 25.2 Å². The summed E-state index contributed by atoms with van der Waals surface area (Å²) in [5.74, 6) is -0.120. The minimum absolute atomic E-state index is 0.300. The van der Waals surface area contributed by atoms with Crippen LogP contribution in [0, 0.1) is 5.41 Å². The molecule has 5 heteroatoms. The summed E-state index contributed by atoms with van der Waals surface area (Å²) in [6.07, 6.45) is 3.93. The lowest BCUT2D eigenvalue weighted by atomic mass is 9.80. The van der Waals surface area contributed by atoms with Crippen molar-refractivity contribution < 1.29 is 13.9 Å². The largest absolute Gasteiger partial charge is 0.463 e. The van der Waals surface area contributed by atoms with Crippen molar-refractivity contribution in [2.75, 3.05) is 33.8 Å². The fourth-order valence-corrected chi connectivity index (χ4v) is 2.58. The zero-order chi connectivity index (χ0) is 14.6. The molecule has 0 saturated carbocycles. The van der Waals surface area contributed by atoms with Crippen LogP contribution >= 0.6 is 0 Å². The number of rotatable bonds is 5. The molecule has 1 aliphatic rings. The topological polar surface area (TPSA) is 54.7 Å². The number of methoxy groups -OCH3 is 1. The molecule has 1 aromatic heterocycles. The normalized spacial score (nSPS) is 18.9. The Bertz CT molecular complexity index is 448. The lowest BCUT2D eigenvalue weighted by Gasteiger charge is -2.38. The van der Waals surface area contributed by atoms with Gasteiger partial charge in [0.05, 0.1) is 13.4 Å². The van der Waals surface area contributed by atoms with E-state index in [1.807, 2.05) is 6.07 Å². The van der Waals surface area contributed by atoms with Gasteiger partial charge in [-0.25, -0.2) is 4.79 Å². The van der Waals surface area contributed by atoms with Gasteiger partial charge < -0.3 is 19.4 Å². The molecule has 1 aromatic rings. The third kappa shape index (κ3) is 3.61. The van der Waals surface area contributed by atoms with Gasteiger partial charge in [0, 0.05) is 18.7 Å². The maximum Gasteiger partial charge on any atom is 0.374 e. The molecule has 0 radical (unpaired) electrons. The van der Waals surface area contributed by atoms with E-state index in [4.69, 9.17) is 9.15 Å². The molecule has 1 saturated heterocycles. The number of nitrogens with zero attached hydrogens (tertiary/aromatic N) is 1. The van der Waals surface area contributed by atoms with Gasteiger partial charge >= 0.3 is 5.97 Å². The molecular weight excluding hydrogens is 256 g/mol. The highest BCUT2D eigenvalue weighted by molar-refractivity contribution is 5.87. The number of esters is 1. The highest BCUT2D eigenvalue weighted by atomic mass is 16.5. The fourth-order valence-electron chi connectivity index (χ4n) is 2.58. The summed E-state index contributed by atoms with van der Waals surface area (Å²) in [6.45, 7) is 6.21. The number of carbonyl (C=O) groups excluding carboxylic acids is 1. The van der Waals surface area contributed by atoms with E-state index in [1.54, 1.807) is 0 Å². The lowest BCUT2D eigenvalue weighted by molar-refractivity contribution is 0.0563. The third-order valence-corrected chi connectivity index (χ3v) is 4.18. The molecule has 5 nitrogen and oxygen atoms in total. The molecule has 1 N–H and O–H groups in total. The molecule has 20 heavy (non-hydrogen) atoms. The molecule has 0 aliphatic carbocycles. The van der Waals surface area contributed by atoms with Gasteiger partial charge in [-0.15, -0.1) is 0 Å². The lowest BCUT2D eigenvalue weighted by Crippen LogP contribution is -2.41. The maximum absolute atomic E-state index is 11.5. The molecule has 0 bridgehead atoms. The Kier molecular flexibility index (Phi) is 4.83. The Morgan fingerprint density at radius 2 is 2.20 bits per heavy atom. The molecule has 2 heterocycles. The zero-order valence-electron chi connectivity index (χ0n) is 12.6. The molecule has 112 valence electrons. The predicted molar refractivity (Wildman–Crippen MR) is 76.6 cm³/mol. The molecule has 1 fully saturated rings. The van der Waals surface area contributed by atoms with Crippen LogP contribution in [0.4, 0.5) is 0 Å². The van der Waals surface area contributed by atoms with Crippen LogP contribution < -0.4 is 5.32 Å². The molecule has 0 atom stereocenters. The second-order valence-corrected chi connectivity index (χ2v) is 5.98. The third-order valence-electron chi connectivity index (χ3n) is 4.18. The number of hydrogen-bond donors (Lipinski definition) is 1. The second-order valence-electron chi connectivity index (χ2n) is 5.98. The summed E-state index contributed by atoms with van der Waals surface area (Å²) in [4.78, 5) is 13.9. The minimum atomic E-state index is -0.419. The summed E-state index contributed by atoms with van der Waals surface area (Å²) >= 11 is 0. The van der Waals surface area contributed by atoms with Crippen LogP contribution in [0.25, 0.3) is 0 Å². The first kappa shape index (κ1) is 15.1. The van der Waals surface area contributed by atoms with Crippen LogP contribution in [-0.4, -0.2) is 44.7 Å². The Morgan fingerprint density at radius 3 is 2.85 bits per heavy atom.